The number of carbonyl (C=O) groups is 2. The molecule has 0 aliphatic heterocycles. The Morgan fingerprint density at radius 2 is 1.78 bits per heavy atom. The Balaban J connectivity index is 1.92. The van der Waals surface area contributed by atoms with Gasteiger partial charge in [-0.1, -0.05) is 53.8 Å². The quantitative estimate of drug-likeness (QED) is 0.477. The van der Waals surface area contributed by atoms with Crippen LogP contribution in [-0.2, 0) is 4.74 Å². The Bertz CT molecular complexity index is 960. The summed E-state index contributed by atoms with van der Waals surface area (Å²) in [6.45, 7) is 1.99. The Hall–Kier alpha value is -2.46. The molecule has 6 nitrogen and oxygen atoms in total. The molecule has 27 heavy (non-hydrogen) atoms. The monoisotopic (exact) mass is 493 g/mol. The lowest BCUT2D eigenvalue weighted by Gasteiger charge is -2.06. The van der Waals surface area contributed by atoms with Crippen molar-refractivity contribution in [3.63, 3.8) is 0 Å². The summed E-state index contributed by atoms with van der Waals surface area (Å²) in [6.07, 6.45) is -0.582. The molecule has 0 bridgehead atoms. The molecule has 0 saturated heterocycles. The zero-order chi connectivity index (χ0) is 19.2. The summed E-state index contributed by atoms with van der Waals surface area (Å²) in [5.41, 5.74) is 2.00. The average Bonchev–Trinajstić information content (AvgIpc) is 3.05. The molecule has 138 valence electrons. The van der Waals surface area contributed by atoms with Crippen LogP contribution in [0.25, 0.3) is 11.3 Å². The number of rotatable bonds is 5. The predicted molar refractivity (Wildman–Crippen MR) is 115 cm³/mol. The van der Waals surface area contributed by atoms with Gasteiger partial charge in [-0.3, -0.25) is 10.1 Å². The van der Waals surface area contributed by atoms with E-state index in [0.717, 1.165) is 9.13 Å². The lowest BCUT2D eigenvalue weighted by atomic mass is 10.1. The van der Waals surface area contributed by atoms with Crippen LogP contribution in [-0.4, -0.2) is 23.6 Å². The molecule has 8 heteroatoms. The third kappa shape index (κ3) is 4.83. The number of carbonyl (C=O) groups excluding carboxylic acids is 2. The number of halogens is 1. The number of ether oxygens (including phenoxy) is 1. The van der Waals surface area contributed by atoms with Gasteiger partial charge in [0, 0.05) is 9.13 Å². The Kier molecular flexibility index (Phi) is 6.40. The highest BCUT2D eigenvalue weighted by Crippen LogP contribution is 2.36. The maximum Gasteiger partial charge on any atom is 0.413 e. The summed E-state index contributed by atoms with van der Waals surface area (Å²) in [5, 5.41) is 6.41. The van der Waals surface area contributed by atoms with Crippen molar-refractivity contribution >= 4 is 56.1 Å². The summed E-state index contributed by atoms with van der Waals surface area (Å²) >= 11 is 3.30. The van der Waals surface area contributed by atoms with E-state index >= 15 is 0 Å². The van der Waals surface area contributed by atoms with E-state index in [-0.39, 0.29) is 12.5 Å². The summed E-state index contributed by atoms with van der Waals surface area (Å²) in [5.74, 6) is -0.233. The first-order chi connectivity index (χ1) is 13.1. The highest BCUT2D eigenvalue weighted by atomic mass is 127. The van der Waals surface area contributed by atoms with Crippen molar-refractivity contribution in [1.29, 1.82) is 0 Å². The molecule has 3 rings (SSSR count). The van der Waals surface area contributed by atoms with Gasteiger partial charge in [0.1, 0.15) is 10.7 Å². The molecular formula is C19H16IN3O3S. The van der Waals surface area contributed by atoms with Crippen molar-refractivity contribution in [3.05, 3.63) is 63.7 Å². The largest absolute Gasteiger partial charge is 0.450 e. The fourth-order valence-corrected chi connectivity index (χ4v) is 3.82. The maximum absolute atomic E-state index is 12.7. The van der Waals surface area contributed by atoms with Gasteiger partial charge in [-0.2, -0.15) is 0 Å². The van der Waals surface area contributed by atoms with Gasteiger partial charge in [-0.05, 0) is 41.6 Å². The van der Waals surface area contributed by atoms with E-state index < -0.39 is 6.09 Å². The second-order valence-corrected chi connectivity index (χ2v) is 7.50. The Morgan fingerprint density at radius 1 is 1.07 bits per heavy atom. The minimum absolute atomic E-state index is 0.233. The molecule has 0 aliphatic carbocycles. The van der Waals surface area contributed by atoms with Gasteiger partial charge in [0.15, 0.2) is 5.13 Å². The van der Waals surface area contributed by atoms with Crippen LogP contribution in [0.15, 0.2) is 54.6 Å². The molecule has 0 unspecified atom stereocenters. The van der Waals surface area contributed by atoms with Crippen molar-refractivity contribution < 1.29 is 14.3 Å². The third-order valence-corrected chi connectivity index (χ3v) is 5.33. The Morgan fingerprint density at radius 3 is 2.48 bits per heavy atom. The van der Waals surface area contributed by atoms with Crippen molar-refractivity contribution in [2.24, 2.45) is 0 Å². The van der Waals surface area contributed by atoms with E-state index in [1.165, 1.54) is 11.3 Å². The summed E-state index contributed by atoms with van der Waals surface area (Å²) in [6, 6.07) is 16.8. The lowest BCUT2D eigenvalue weighted by molar-refractivity contribution is 0.102. The first kappa shape index (κ1) is 19.3. The Labute approximate surface area is 174 Å². The smallest absolute Gasteiger partial charge is 0.413 e. The second kappa shape index (κ2) is 8.96. The lowest BCUT2D eigenvalue weighted by Crippen LogP contribution is -2.13. The van der Waals surface area contributed by atoms with Crippen molar-refractivity contribution in [3.8, 4) is 11.3 Å². The molecule has 2 aromatic carbocycles. The van der Waals surface area contributed by atoms with Crippen LogP contribution in [0.1, 0.15) is 17.3 Å². The van der Waals surface area contributed by atoms with Crippen molar-refractivity contribution in [2.45, 2.75) is 6.92 Å². The number of hydrogen-bond donors (Lipinski definition) is 2. The average molecular weight is 493 g/mol. The number of anilines is 2. The number of nitrogens with zero attached hydrogens (tertiary/aromatic N) is 1. The van der Waals surface area contributed by atoms with Gasteiger partial charge in [0.05, 0.1) is 12.2 Å². The number of hydrogen-bond acceptors (Lipinski definition) is 5. The van der Waals surface area contributed by atoms with Crippen LogP contribution >= 0.6 is 33.9 Å². The maximum atomic E-state index is 12.7. The summed E-state index contributed by atoms with van der Waals surface area (Å²) < 4.78 is 5.75. The van der Waals surface area contributed by atoms with E-state index in [9.17, 15) is 9.59 Å². The third-order valence-electron chi connectivity index (χ3n) is 3.50. The first-order valence-electron chi connectivity index (χ1n) is 8.14. The minimum atomic E-state index is -0.582. The fraction of sp³-hybridized carbons (Fsp3) is 0.105. The van der Waals surface area contributed by atoms with Crippen LogP contribution in [0.3, 0.4) is 0 Å². The summed E-state index contributed by atoms with van der Waals surface area (Å²) in [4.78, 5) is 28.9. The van der Waals surface area contributed by atoms with E-state index in [1.807, 2.05) is 48.5 Å². The highest BCUT2D eigenvalue weighted by molar-refractivity contribution is 14.1. The molecule has 0 saturated carbocycles. The zero-order valence-corrected chi connectivity index (χ0v) is 17.3. The predicted octanol–water partition coefficient (Wildman–Crippen LogP) is 5.24. The SMILES string of the molecule is CCOC(=O)Nc1nc(-c2ccccc2)c(NC(=O)c2ccccc2I)s1. The van der Waals surface area contributed by atoms with Crippen molar-refractivity contribution in [1.82, 2.24) is 4.98 Å². The van der Waals surface area contributed by atoms with Gasteiger partial charge in [-0.15, -0.1) is 0 Å². The zero-order valence-electron chi connectivity index (χ0n) is 14.4. The van der Waals surface area contributed by atoms with E-state index in [4.69, 9.17) is 4.74 Å². The summed E-state index contributed by atoms with van der Waals surface area (Å²) in [7, 11) is 0. The molecule has 3 aromatic rings. The van der Waals surface area contributed by atoms with Crippen LogP contribution in [0.5, 0.6) is 0 Å². The highest BCUT2D eigenvalue weighted by Gasteiger charge is 2.18. The standard InChI is InChI=1S/C19H16IN3O3S/c1-2-26-19(25)23-18-21-15(12-8-4-3-5-9-12)17(27-18)22-16(24)13-10-6-7-11-14(13)20/h3-11H,2H2,1H3,(H,22,24)(H,21,23,25). The number of nitrogens with one attached hydrogen (secondary N) is 2. The molecule has 0 radical (unpaired) electrons. The van der Waals surface area contributed by atoms with E-state index in [1.54, 1.807) is 13.0 Å². The molecule has 0 spiro atoms. The van der Waals surface area contributed by atoms with Crippen LogP contribution in [0.4, 0.5) is 14.9 Å². The first-order valence-corrected chi connectivity index (χ1v) is 10.0. The normalized spacial score (nSPS) is 10.3. The van der Waals surface area contributed by atoms with Gasteiger partial charge in [0.2, 0.25) is 0 Å². The topological polar surface area (TPSA) is 80.3 Å². The molecule has 1 aromatic heterocycles. The van der Waals surface area contributed by atoms with E-state index in [2.05, 4.69) is 38.2 Å². The molecule has 0 atom stereocenters. The molecule has 0 fully saturated rings. The molecule has 0 aliphatic rings. The number of thiazole rings is 1. The fourth-order valence-electron chi connectivity index (χ4n) is 2.32. The van der Waals surface area contributed by atoms with Gasteiger partial charge in [-0.25, -0.2) is 9.78 Å². The van der Waals surface area contributed by atoms with Gasteiger partial charge in [0.25, 0.3) is 5.91 Å². The number of amides is 2. The van der Waals surface area contributed by atoms with Gasteiger partial charge >= 0.3 is 6.09 Å². The second-order valence-electron chi connectivity index (χ2n) is 5.34. The molecule has 2 N–H and O–H groups in total. The van der Waals surface area contributed by atoms with Crippen LogP contribution in [0.2, 0.25) is 0 Å². The molecule has 2 amide bonds. The van der Waals surface area contributed by atoms with Crippen LogP contribution in [0, 0.1) is 3.57 Å². The number of aromatic nitrogens is 1. The minimum Gasteiger partial charge on any atom is -0.450 e. The van der Waals surface area contributed by atoms with Gasteiger partial charge < -0.3 is 10.1 Å². The van der Waals surface area contributed by atoms with Crippen LogP contribution < -0.4 is 10.6 Å². The molecular weight excluding hydrogens is 477 g/mol. The van der Waals surface area contributed by atoms with E-state index in [0.29, 0.717) is 21.4 Å². The molecule has 1 heterocycles. The van der Waals surface area contributed by atoms with Crippen molar-refractivity contribution in [2.75, 3.05) is 17.2 Å². The number of benzene rings is 2.